The van der Waals surface area contributed by atoms with Gasteiger partial charge >= 0.3 is 0 Å². The van der Waals surface area contributed by atoms with Crippen LogP contribution in [0, 0.1) is 0 Å². The van der Waals surface area contributed by atoms with Crippen LogP contribution in [-0.2, 0) is 6.54 Å². The largest absolute Gasteiger partial charge is 0.298 e. The maximum Gasteiger partial charge on any atom is 0.0234 e. The molecule has 0 bridgehead atoms. The first-order valence-corrected chi connectivity index (χ1v) is 8.49. The van der Waals surface area contributed by atoms with Crippen molar-refractivity contribution in [1.82, 2.24) is 9.80 Å². The molecule has 1 saturated heterocycles. The van der Waals surface area contributed by atoms with Gasteiger partial charge in [-0.15, -0.1) is 0 Å². The first-order valence-electron chi connectivity index (χ1n) is 8.49. The molecule has 0 aromatic heterocycles. The van der Waals surface area contributed by atoms with Gasteiger partial charge in [-0.25, -0.2) is 0 Å². The fraction of sp³-hybridized carbons (Fsp3) is 0.400. The Hall–Kier alpha value is -1.64. The van der Waals surface area contributed by atoms with Gasteiger partial charge in [0, 0.05) is 38.8 Å². The monoisotopic (exact) mass is 292 g/mol. The van der Waals surface area contributed by atoms with E-state index in [1.807, 2.05) is 0 Å². The summed E-state index contributed by atoms with van der Waals surface area (Å²) < 4.78 is 0. The van der Waals surface area contributed by atoms with E-state index in [9.17, 15) is 0 Å². The summed E-state index contributed by atoms with van der Waals surface area (Å²) in [6, 6.07) is 20.6. The van der Waals surface area contributed by atoms with Gasteiger partial charge in [0.1, 0.15) is 0 Å². The van der Waals surface area contributed by atoms with Crippen molar-refractivity contribution in [2.24, 2.45) is 0 Å². The second-order valence-electron chi connectivity index (χ2n) is 6.61. The normalized spacial score (nSPS) is 20.2. The van der Waals surface area contributed by atoms with Gasteiger partial charge in [0.25, 0.3) is 0 Å². The first kappa shape index (κ1) is 14.0. The van der Waals surface area contributed by atoms with E-state index in [4.69, 9.17) is 0 Å². The lowest BCUT2D eigenvalue weighted by molar-refractivity contribution is 0.121. The summed E-state index contributed by atoms with van der Waals surface area (Å²) in [5, 5.41) is 0. The zero-order chi connectivity index (χ0) is 14.8. The quantitative estimate of drug-likeness (QED) is 0.849. The van der Waals surface area contributed by atoms with Crippen molar-refractivity contribution in [3.8, 4) is 11.1 Å². The van der Waals surface area contributed by atoms with E-state index in [-0.39, 0.29) is 0 Å². The lowest BCUT2D eigenvalue weighted by atomic mass is 10.0. The summed E-state index contributed by atoms with van der Waals surface area (Å²) in [6.45, 7) is 6.04. The highest BCUT2D eigenvalue weighted by Gasteiger charge is 2.30. The minimum atomic E-state index is 0.923. The van der Waals surface area contributed by atoms with Crippen LogP contribution in [0.3, 0.4) is 0 Å². The Kier molecular flexibility index (Phi) is 3.96. The predicted molar refractivity (Wildman–Crippen MR) is 91.8 cm³/mol. The maximum atomic E-state index is 2.68. The third-order valence-corrected chi connectivity index (χ3v) is 4.94. The molecule has 0 spiro atoms. The van der Waals surface area contributed by atoms with E-state index < -0.39 is 0 Å². The number of rotatable bonds is 4. The summed E-state index contributed by atoms with van der Waals surface area (Å²) in [5.74, 6) is 0. The molecule has 0 unspecified atom stereocenters. The third-order valence-electron chi connectivity index (χ3n) is 4.94. The van der Waals surface area contributed by atoms with Gasteiger partial charge in [0.15, 0.2) is 0 Å². The van der Waals surface area contributed by atoms with Crippen molar-refractivity contribution in [3.63, 3.8) is 0 Å². The molecular formula is C20H24N2. The van der Waals surface area contributed by atoms with Crippen molar-refractivity contribution < 1.29 is 0 Å². The van der Waals surface area contributed by atoms with Crippen LogP contribution in [0.4, 0.5) is 0 Å². The number of benzene rings is 2. The fourth-order valence-electron chi connectivity index (χ4n) is 3.42. The van der Waals surface area contributed by atoms with Gasteiger partial charge in [0.05, 0.1) is 0 Å². The first-order chi connectivity index (χ1) is 10.9. The number of piperazine rings is 1. The van der Waals surface area contributed by atoms with Crippen LogP contribution in [0.5, 0.6) is 0 Å². The van der Waals surface area contributed by atoms with Crippen LogP contribution in [0.2, 0.25) is 0 Å². The molecule has 0 radical (unpaired) electrons. The van der Waals surface area contributed by atoms with E-state index in [0.29, 0.717) is 0 Å². The van der Waals surface area contributed by atoms with Crippen molar-refractivity contribution >= 4 is 0 Å². The standard InChI is InChI=1S/C20H24N2/c1-2-4-18(5-3-1)19-8-6-17(7-9-19)16-21-12-14-22(15-13-21)20-10-11-20/h1-9,20H,10-16H2. The van der Waals surface area contributed by atoms with Crippen LogP contribution >= 0.6 is 0 Å². The summed E-state index contributed by atoms with van der Waals surface area (Å²) in [6.07, 6.45) is 2.86. The molecule has 1 saturated carbocycles. The zero-order valence-electron chi connectivity index (χ0n) is 13.1. The van der Waals surface area contributed by atoms with E-state index in [2.05, 4.69) is 64.4 Å². The molecule has 2 fully saturated rings. The summed E-state index contributed by atoms with van der Waals surface area (Å²) in [4.78, 5) is 5.27. The molecule has 2 aliphatic rings. The molecule has 114 valence electrons. The van der Waals surface area contributed by atoms with E-state index in [0.717, 1.165) is 12.6 Å². The Bertz CT molecular complexity index is 593. The molecule has 1 aliphatic heterocycles. The van der Waals surface area contributed by atoms with Crippen LogP contribution in [0.25, 0.3) is 11.1 Å². The van der Waals surface area contributed by atoms with E-state index in [1.54, 1.807) is 0 Å². The van der Waals surface area contributed by atoms with Gasteiger partial charge < -0.3 is 0 Å². The molecule has 4 rings (SSSR count). The Morgan fingerprint density at radius 3 is 2.00 bits per heavy atom. The maximum absolute atomic E-state index is 2.68. The lowest BCUT2D eigenvalue weighted by Gasteiger charge is -2.34. The van der Waals surface area contributed by atoms with Gasteiger partial charge in [-0.2, -0.15) is 0 Å². The smallest absolute Gasteiger partial charge is 0.0234 e. The molecule has 2 aromatic rings. The molecule has 22 heavy (non-hydrogen) atoms. The van der Waals surface area contributed by atoms with Crippen LogP contribution in [0.15, 0.2) is 54.6 Å². The van der Waals surface area contributed by atoms with Crippen LogP contribution in [0.1, 0.15) is 18.4 Å². The Balaban J connectivity index is 1.35. The zero-order valence-corrected chi connectivity index (χ0v) is 13.1. The minimum absolute atomic E-state index is 0.923. The SMILES string of the molecule is c1ccc(-c2ccc(CN3CCN(C4CC4)CC3)cc2)cc1. The minimum Gasteiger partial charge on any atom is -0.298 e. The molecule has 2 heteroatoms. The van der Waals surface area contributed by atoms with Crippen LogP contribution < -0.4 is 0 Å². The van der Waals surface area contributed by atoms with Gasteiger partial charge in [-0.1, -0.05) is 54.6 Å². The van der Waals surface area contributed by atoms with Crippen molar-refractivity contribution in [2.45, 2.75) is 25.4 Å². The highest BCUT2D eigenvalue weighted by Crippen LogP contribution is 2.27. The van der Waals surface area contributed by atoms with Crippen LogP contribution in [-0.4, -0.2) is 42.0 Å². The fourth-order valence-corrected chi connectivity index (χ4v) is 3.42. The van der Waals surface area contributed by atoms with Gasteiger partial charge in [-0.05, 0) is 29.5 Å². The highest BCUT2D eigenvalue weighted by molar-refractivity contribution is 5.63. The Morgan fingerprint density at radius 2 is 1.36 bits per heavy atom. The molecule has 0 atom stereocenters. The van der Waals surface area contributed by atoms with E-state index >= 15 is 0 Å². The second kappa shape index (κ2) is 6.23. The van der Waals surface area contributed by atoms with Crippen molar-refractivity contribution in [3.05, 3.63) is 60.2 Å². The molecule has 2 aromatic carbocycles. The average Bonchev–Trinajstić information content (AvgIpc) is 3.42. The number of hydrogen-bond donors (Lipinski definition) is 0. The Labute approximate surface area is 133 Å². The second-order valence-corrected chi connectivity index (χ2v) is 6.61. The van der Waals surface area contributed by atoms with E-state index in [1.165, 1.54) is 55.7 Å². The molecular weight excluding hydrogens is 268 g/mol. The summed E-state index contributed by atoms with van der Waals surface area (Å²) in [5.41, 5.74) is 4.04. The van der Waals surface area contributed by atoms with Gasteiger partial charge in [0.2, 0.25) is 0 Å². The average molecular weight is 292 g/mol. The Morgan fingerprint density at radius 1 is 0.727 bits per heavy atom. The predicted octanol–water partition coefficient (Wildman–Crippen LogP) is 3.63. The van der Waals surface area contributed by atoms with Crippen molar-refractivity contribution in [2.75, 3.05) is 26.2 Å². The third kappa shape index (κ3) is 3.23. The number of nitrogens with zero attached hydrogens (tertiary/aromatic N) is 2. The molecule has 0 amide bonds. The molecule has 0 N–H and O–H groups in total. The van der Waals surface area contributed by atoms with Crippen molar-refractivity contribution in [1.29, 1.82) is 0 Å². The van der Waals surface area contributed by atoms with Gasteiger partial charge in [-0.3, -0.25) is 9.80 Å². The number of hydrogen-bond acceptors (Lipinski definition) is 2. The molecule has 1 aliphatic carbocycles. The lowest BCUT2D eigenvalue weighted by Crippen LogP contribution is -2.46. The highest BCUT2D eigenvalue weighted by atomic mass is 15.3. The molecule has 2 nitrogen and oxygen atoms in total. The molecule has 1 heterocycles. The summed E-state index contributed by atoms with van der Waals surface area (Å²) in [7, 11) is 0. The topological polar surface area (TPSA) is 6.48 Å². The summed E-state index contributed by atoms with van der Waals surface area (Å²) >= 11 is 0.